The molecular formula is C14H22N4OS. The van der Waals surface area contributed by atoms with Crippen LogP contribution in [-0.2, 0) is 6.54 Å². The topological polar surface area (TPSA) is 61.0 Å². The normalized spacial score (nSPS) is 11.7. The van der Waals surface area contributed by atoms with Crippen LogP contribution in [0.3, 0.4) is 0 Å². The van der Waals surface area contributed by atoms with Gasteiger partial charge in [-0.15, -0.1) is 11.3 Å². The monoisotopic (exact) mass is 294 g/mol. The molecule has 0 radical (unpaired) electrons. The van der Waals surface area contributed by atoms with Gasteiger partial charge in [-0.1, -0.05) is 6.92 Å². The molecule has 2 aromatic heterocycles. The highest BCUT2D eigenvalue weighted by molar-refractivity contribution is 7.18. The molecule has 0 aliphatic heterocycles. The molecule has 110 valence electrons. The lowest BCUT2D eigenvalue weighted by molar-refractivity contribution is 0.348. The molecule has 0 saturated carbocycles. The highest BCUT2D eigenvalue weighted by Gasteiger charge is 2.11. The number of aromatic amines is 1. The molecule has 0 unspecified atom stereocenters. The third-order valence-electron chi connectivity index (χ3n) is 3.59. The smallest absolute Gasteiger partial charge is 0.259 e. The average molecular weight is 294 g/mol. The number of rotatable bonds is 6. The van der Waals surface area contributed by atoms with Crippen molar-refractivity contribution in [1.29, 1.82) is 0 Å². The minimum atomic E-state index is -0.0284. The lowest BCUT2D eigenvalue weighted by Crippen LogP contribution is -2.29. The second-order valence-corrected chi connectivity index (χ2v) is 6.25. The van der Waals surface area contributed by atoms with Crippen molar-refractivity contribution in [2.24, 2.45) is 0 Å². The first-order valence-electron chi connectivity index (χ1n) is 6.91. The maximum atomic E-state index is 12.1. The van der Waals surface area contributed by atoms with Crippen LogP contribution in [0.15, 0.2) is 4.79 Å². The fourth-order valence-electron chi connectivity index (χ4n) is 2.02. The Bertz CT molecular complexity index is 646. The van der Waals surface area contributed by atoms with Crippen molar-refractivity contribution < 1.29 is 0 Å². The van der Waals surface area contributed by atoms with Crippen LogP contribution in [0, 0.1) is 13.8 Å². The van der Waals surface area contributed by atoms with Crippen molar-refractivity contribution in [2.45, 2.75) is 27.3 Å². The van der Waals surface area contributed by atoms with Crippen molar-refractivity contribution in [1.82, 2.24) is 20.2 Å². The molecule has 0 aliphatic rings. The first kappa shape index (κ1) is 15.2. The molecule has 2 aromatic rings. The molecule has 0 saturated heterocycles. The molecular weight excluding hydrogens is 272 g/mol. The van der Waals surface area contributed by atoms with Gasteiger partial charge in [0.15, 0.2) is 0 Å². The van der Waals surface area contributed by atoms with Gasteiger partial charge < -0.3 is 15.2 Å². The number of hydrogen-bond donors (Lipinski definition) is 2. The van der Waals surface area contributed by atoms with Crippen LogP contribution >= 0.6 is 11.3 Å². The van der Waals surface area contributed by atoms with Crippen LogP contribution in [0.2, 0.25) is 0 Å². The number of nitrogens with one attached hydrogen (secondary N) is 2. The van der Waals surface area contributed by atoms with Crippen LogP contribution in [0.5, 0.6) is 0 Å². The molecule has 2 heterocycles. The number of hydrogen-bond acceptors (Lipinski definition) is 5. The molecule has 0 amide bonds. The van der Waals surface area contributed by atoms with Crippen molar-refractivity contribution in [2.75, 3.05) is 26.7 Å². The van der Waals surface area contributed by atoms with E-state index >= 15 is 0 Å². The minimum absolute atomic E-state index is 0.0284. The first-order chi connectivity index (χ1) is 9.52. The number of nitrogens with zero attached hydrogens (tertiary/aromatic N) is 2. The Morgan fingerprint density at radius 1 is 1.40 bits per heavy atom. The minimum Gasteiger partial charge on any atom is -0.309 e. The molecule has 2 N–H and O–H groups in total. The molecule has 20 heavy (non-hydrogen) atoms. The van der Waals surface area contributed by atoms with Gasteiger partial charge in [0.1, 0.15) is 10.7 Å². The Kier molecular flexibility index (Phi) is 4.91. The van der Waals surface area contributed by atoms with E-state index in [1.165, 1.54) is 0 Å². The van der Waals surface area contributed by atoms with Gasteiger partial charge in [0, 0.05) is 18.0 Å². The number of fused-ring (bicyclic) bond motifs is 1. The maximum absolute atomic E-state index is 12.1. The first-order valence-corrected chi connectivity index (χ1v) is 7.72. The van der Waals surface area contributed by atoms with Crippen molar-refractivity contribution in [3.05, 3.63) is 26.6 Å². The van der Waals surface area contributed by atoms with Crippen molar-refractivity contribution >= 4 is 21.6 Å². The fraction of sp³-hybridized carbons (Fsp3) is 0.571. The summed E-state index contributed by atoms with van der Waals surface area (Å²) in [4.78, 5) is 23.7. The fourth-order valence-corrected chi connectivity index (χ4v) is 3.07. The van der Waals surface area contributed by atoms with Crippen LogP contribution in [0.1, 0.15) is 23.2 Å². The Morgan fingerprint density at radius 2 is 2.15 bits per heavy atom. The third kappa shape index (κ3) is 3.26. The molecule has 0 bridgehead atoms. The molecule has 2 rings (SSSR count). The second kappa shape index (κ2) is 6.47. The van der Waals surface area contributed by atoms with E-state index in [9.17, 15) is 4.79 Å². The average Bonchev–Trinajstić information content (AvgIpc) is 2.70. The summed E-state index contributed by atoms with van der Waals surface area (Å²) < 4.78 is 0. The zero-order valence-corrected chi connectivity index (χ0v) is 13.4. The Hall–Kier alpha value is -1.24. The standard InChI is InChI=1S/C14H22N4OS/c1-5-18(4)7-6-15-8-11-16-13(19)12-9(2)10(3)20-14(12)17-11/h15H,5-8H2,1-4H3,(H,16,17,19). The molecule has 0 fully saturated rings. The summed E-state index contributed by atoms with van der Waals surface area (Å²) in [6.45, 7) is 9.64. The quantitative estimate of drug-likeness (QED) is 0.795. The van der Waals surface area contributed by atoms with Gasteiger partial charge in [-0.05, 0) is 33.0 Å². The van der Waals surface area contributed by atoms with Gasteiger partial charge >= 0.3 is 0 Å². The second-order valence-electron chi connectivity index (χ2n) is 5.05. The highest BCUT2D eigenvalue weighted by Crippen LogP contribution is 2.25. The summed E-state index contributed by atoms with van der Waals surface area (Å²) in [7, 11) is 2.09. The zero-order chi connectivity index (χ0) is 14.7. The SMILES string of the molecule is CCN(C)CCNCc1nc2sc(C)c(C)c2c(=O)[nH]1. The summed E-state index contributed by atoms with van der Waals surface area (Å²) in [6.07, 6.45) is 0. The zero-order valence-electron chi connectivity index (χ0n) is 12.5. The van der Waals surface area contributed by atoms with E-state index in [0.717, 1.165) is 40.3 Å². The predicted molar refractivity (Wildman–Crippen MR) is 84.6 cm³/mol. The Balaban J connectivity index is 2.07. The van der Waals surface area contributed by atoms with Gasteiger partial charge in [-0.3, -0.25) is 4.79 Å². The van der Waals surface area contributed by atoms with E-state index in [4.69, 9.17) is 0 Å². The molecule has 0 atom stereocenters. The highest BCUT2D eigenvalue weighted by atomic mass is 32.1. The van der Waals surface area contributed by atoms with Crippen LogP contribution in [-0.4, -0.2) is 41.5 Å². The number of thiophene rings is 1. The third-order valence-corrected chi connectivity index (χ3v) is 4.69. The number of likely N-dealkylation sites (N-methyl/N-ethyl adjacent to an activating group) is 1. The maximum Gasteiger partial charge on any atom is 0.259 e. The summed E-state index contributed by atoms with van der Waals surface area (Å²) >= 11 is 1.59. The van der Waals surface area contributed by atoms with Gasteiger partial charge in [-0.2, -0.15) is 0 Å². The van der Waals surface area contributed by atoms with E-state index in [1.807, 2.05) is 13.8 Å². The van der Waals surface area contributed by atoms with Crippen molar-refractivity contribution in [3.63, 3.8) is 0 Å². The predicted octanol–water partition coefficient (Wildman–Crippen LogP) is 1.64. The van der Waals surface area contributed by atoms with Crippen molar-refractivity contribution in [3.8, 4) is 0 Å². The number of H-pyrrole nitrogens is 1. The molecule has 5 nitrogen and oxygen atoms in total. The molecule has 0 aromatic carbocycles. The molecule has 6 heteroatoms. The van der Waals surface area contributed by atoms with E-state index in [2.05, 4.69) is 34.2 Å². The van der Waals surface area contributed by atoms with E-state index < -0.39 is 0 Å². The van der Waals surface area contributed by atoms with E-state index in [-0.39, 0.29) is 5.56 Å². The molecule has 0 aliphatic carbocycles. The summed E-state index contributed by atoms with van der Waals surface area (Å²) in [5.74, 6) is 0.711. The Labute approximate surface area is 123 Å². The summed E-state index contributed by atoms with van der Waals surface area (Å²) in [5, 5.41) is 4.05. The summed E-state index contributed by atoms with van der Waals surface area (Å²) in [5.41, 5.74) is 1.02. The largest absolute Gasteiger partial charge is 0.309 e. The van der Waals surface area contributed by atoms with Crippen LogP contribution < -0.4 is 10.9 Å². The summed E-state index contributed by atoms with van der Waals surface area (Å²) in [6, 6.07) is 0. The van der Waals surface area contributed by atoms with E-state index in [1.54, 1.807) is 11.3 Å². The van der Waals surface area contributed by atoms with Gasteiger partial charge in [0.05, 0.1) is 11.9 Å². The van der Waals surface area contributed by atoms with Crippen LogP contribution in [0.4, 0.5) is 0 Å². The Morgan fingerprint density at radius 3 is 2.85 bits per heavy atom. The van der Waals surface area contributed by atoms with Crippen LogP contribution in [0.25, 0.3) is 10.2 Å². The lowest BCUT2D eigenvalue weighted by atomic mass is 10.2. The number of aromatic nitrogens is 2. The van der Waals surface area contributed by atoms with Gasteiger partial charge in [0.2, 0.25) is 0 Å². The lowest BCUT2D eigenvalue weighted by Gasteiger charge is -2.13. The number of aryl methyl sites for hydroxylation is 2. The molecule has 0 spiro atoms. The van der Waals surface area contributed by atoms with E-state index in [0.29, 0.717) is 12.4 Å². The van der Waals surface area contributed by atoms with Gasteiger partial charge in [-0.25, -0.2) is 4.98 Å². The van der Waals surface area contributed by atoms with Gasteiger partial charge in [0.25, 0.3) is 5.56 Å².